The summed E-state index contributed by atoms with van der Waals surface area (Å²) < 4.78 is 32.4. The van der Waals surface area contributed by atoms with Crippen LogP contribution in [0.4, 0.5) is 5.82 Å². The second-order valence-corrected chi connectivity index (χ2v) is 9.25. The molecule has 0 amide bonds. The molecular formula is C21H26ClN3O3S. The molecule has 156 valence electrons. The standard InChI is InChI=1S/C21H25N3O3S.ClH/c1-15-20(28(3,25)26)18-8-10-22-21(19(18)24(15)12-13-27-2)23-11-9-16-6-4-5-7-17(16)14-23;/h4-8,10H,9,11-14H2,1-3H3;1H. The van der Waals surface area contributed by atoms with Crippen LogP contribution >= 0.6 is 12.4 Å². The lowest BCUT2D eigenvalue weighted by Crippen LogP contribution is -2.31. The first kappa shape index (κ1) is 21.6. The number of rotatable bonds is 5. The minimum absolute atomic E-state index is 0. The van der Waals surface area contributed by atoms with Gasteiger partial charge in [-0.2, -0.15) is 0 Å². The lowest BCUT2D eigenvalue weighted by atomic mass is 10.00. The van der Waals surface area contributed by atoms with E-state index in [1.165, 1.54) is 17.4 Å². The molecule has 0 saturated heterocycles. The number of pyridine rings is 1. The molecule has 3 heterocycles. The Morgan fingerprint density at radius 2 is 1.90 bits per heavy atom. The molecule has 0 fully saturated rings. The average Bonchev–Trinajstić information content (AvgIpc) is 2.97. The maximum Gasteiger partial charge on any atom is 0.177 e. The van der Waals surface area contributed by atoms with Crippen molar-refractivity contribution < 1.29 is 13.2 Å². The molecule has 3 aromatic rings. The lowest BCUT2D eigenvalue weighted by Gasteiger charge is -2.30. The number of hydrogen-bond acceptors (Lipinski definition) is 5. The van der Waals surface area contributed by atoms with Crippen molar-refractivity contribution in [1.82, 2.24) is 9.55 Å². The first-order valence-electron chi connectivity index (χ1n) is 9.40. The molecule has 0 N–H and O–H groups in total. The summed E-state index contributed by atoms with van der Waals surface area (Å²) in [7, 11) is -1.72. The number of anilines is 1. The molecule has 29 heavy (non-hydrogen) atoms. The zero-order valence-corrected chi connectivity index (χ0v) is 18.5. The molecule has 0 aliphatic carbocycles. The van der Waals surface area contributed by atoms with Crippen LogP contribution in [0.25, 0.3) is 10.9 Å². The van der Waals surface area contributed by atoms with Crippen LogP contribution in [0.15, 0.2) is 41.4 Å². The molecule has 4 rings (SSSR count). The van der Waals surface area contributed by atoms with Crippen LogP contribution in [-0.2, 0) is 34.1 Å². The topological polar surface area (TPSA) is 64.4 Å². The number of methoxy groups -OCH3 is 1. The summed E-state index contributed by atoms with van der Waals surface area (Å²) in [5, 5.41) is 0.736. The van der Waals surface area contributed by atoms with Crippen molar-refractivity contribution in [3.63, 3.8) is 0 Å². The molecule has 1 aliphatic heterocycles. The number of ether oxygens (including phenoxy) is 1. The van der Waals surface area contributed by atoms with E-state index in [9.17, 15) is 8.42 Å². The van der Waals surface area contributed by atoms with E-state index in [2.05, 4.69) is 34.1 Å². The Balaban J connectivity index is 0.00000240. The van der Waals surface area contributed by atoms with Crippen molar-refractivity contribution >= 4 is 39.0 Å². The summed E-state index contributed by atoms with van der Waals surface area (Å²) in [5.74, 6) is 0.834. The van der Waals surface area contributed by atoms with Crippen LogP contribution in [-0.4, -0.2) is 44.5 Å². The Labute approximate surface area is 177 Å². The van der Waals surface area contributed by atoms with Gasteiger partial charge in [-0.05, 0) is 30.5 Å². The zero-order valence-electron chi connectivity index (χ0n) is 16.9. The van der Waals surface area contributed by atoms with Crippen LogP contribution in [0.3, 0.4) is 0 Å². The number of fused-ring (bicyclic) bond motifs is 2. The molecule has 6 nitrogen and oxygen atoms in total. The van der Waals surface area contributed by atoms with Gasteiger partial charge in [0.15, 0.2) is 15.7 Å². The monoisotopic (exact) mass is 435 g/mol. The summed E-state index contributed by atoms with van der Waals surface area (Å²) in [6.07, 6.45) is 3.94. The van der Waals surface area contributed by atoms with Crippen molar-refractivity contribution in [3.8, 4) is 0 Å². The summed E-state index contributed by atoms with van der Waals surface area (Å²) in [6, 6.07) is 10.3. The van der Waals surface area contributed by atoms with Crippen molar-refractivity contribution in [2.75, 3.05) is 31.4 Å². The van der Waals surface area contributed by atoms with Gasteiger partial charge in [-0.1, -0.05) is 24.3 Å². The number of hydrogen-bond donors (Lipinski definition) is 0. The van der Waals surface area contributed by atoms with Gasteiger partial charge in [0, 0.05) is 50.3 Å². The van der Waals surface area contributed by atoms with Gasteiger partial charge in [-0.25, -0.2) is 13.4 Å². The van der Waals surface area contributed by atoms with Gasteiger partial charge in [0.25, 0.3) is 0 Å². The zero-order chi connectivity index (χ0) is 19.9. The van der Waals surface area contributed by atoms with E-state index in [0.29, 0.717) is 18.0 Å². The van der Waals surface area contributed by atoms with Gasteiger partial charge in [0.2, 0.25) is 0 Å². The molecule has 8 heteroatoms. The molecule has 0 unspecified atom stereocenters. The van der Waals surface area contributed by atoms with Gasteiger partial charge in [-0.3, -0.25) is 0 Å². The normalized spacial score (nSPS) is 14.0. The van der Waals surface area contributed by atoms with Gasteiger partial charge < -0.3 is 14.2 Å². The smallest absolute Gasteiger partial charge is 0.177 e. The van der Waals surface area contributed by atoms with Crippen LogP contribution in [0.2, 0.25) is 0 Å². The Morgan fingerprint density at radius 1 is 1.17 bits per heavy atom. The molecule has 1 aromatic carbocycles. The van der Waals surface area contributed by atoms with Gasteiger partial charge in [0.05, 0.1) is 17.0 Å². The van der Waals surface area contributed by atoms with E-state index >= 15 is 0 Å². The SMILES string of the molecule is COCCn1c(C)c(S(C)(=O)=O)c2ccnc(N3CCc4ccccc4C3)c21.Cl. The van der Waals surface area contributed by atoms with E-state index in [-0.39, 0.29) is 12.4 Å². The lowest BCUT2D eigenvalue weighted by molar-refractivity contribution is 0.188. The minimum Gasteiger partial charge on any atom is -0.383 e. The first-order chi connectivity index (χ1) is 13.4. The molecule has 0 bridgehead atoms. The maximum atomic E-state index is 12.5. The molecule has 1 aliphatic rings. The molecule has 0 atom stereocenters. The molecule has 0 radical (unpaired) electrons. The highest BCUT2D eigenvalue weighted by Gasteiger charge is 2.27. The van der Waals surface area contributed by atoms with Crippen molar-refractivity contribution in [1.29, 1.82) is 0 Å². The number of aromatic nitrogens is 2. The van der Waals surface area contributed by atoms with Crippen LogP contribution in [0.5, 0.6) is 0 Å². The Bertz CT molecular complexity index is 1140. The van der Waals surface area contributed by atoms with E-state index in [0.717, 1.165) is 41.9 Å². The molecule has 0 spiro atoms. The van der Waals surface area contributed by atoms with Crippen LogP contribution < -0.4 is 4.90 Å². The molecule has 0 saturated carbocycles. The van der Waals surface area contributed by atoms with Gasteiger partial charge >= 0.3 is 0 Å². The predicted molar refractivity (Wildman–Crippen MR) is 118 cm³/mol. The molecule has 2 aromatic heterocycles. The highest BCUT2D eigenvalue weighted by atomic mass is 35.5. The fraction of sp³-hybridized carbons (Fsp3) is 0.381. The number of benzene rings is 1. The van der Waals surface area contributed by atoms with Crippen molar-refractivity contribution in [3.05, 3.63) is 53.3 Å². The van der Waals surface area contributed by atoms with Crippen LogP contribution in [0, 0.1) is 6.92 Å². The third-order valence-electron chi connectivity index (χ3n) is 5.47. The fourth-order valence-electron chi connectivity index (χ4n) is 4.22. The summed E-state index contributed by atoms with van der Waals surface area (Å²) >= 11 is 0. The third-order valence-corrected chi connectivity index (χ3v) is 6.73. The maximum absolute atomic E-state index is 12.5. The predicted octanol–water partition coefficient (Wildman–Crippen LogP) is 3.38. The van der Waals surface area contributed by atoms with Gasteiger partial charge in [0.1, 0.15) is 0 Å². The highest BCUT2D eigenvalue weighted by molar-refractivity contribution is 7.91. The van der Waals surface area contributed by atoms with Crippen LogP contribution in [0.1, 0.15) is 16.8 Å². The van der Waals surface area contributed by atoms with Crippen molar-refractivity contribution in [2.24, 2.45) is 0 Å². The first-order valence-corrected chi connectivity index (χ1v) is 11.3. The highest BCUT2D eigenvalue weighted by Crippen LogP contribution is 2.36. The Morgan fingerprint density at radius 3 is 2.59 bits per heavy atom. The minimum atomic E-state index is -3.37. The summed E-state index contributed by atoms with van der Waals surface area (Å²) in [5.41, 5.74) is 4.27. The second kappa shape index (κ2) is 8.34. The van der Waals surface area contributed by atoms with E-state index in [4.69, 9.17) is 4.74 Å². The number of halogens is 1. The number of sulfone groups is 1. The second-order valence-electron chi connectivity index (χ2n) is 7.30. The van der Waals surface area contributed by atoms with E-state index < -0.39 is 9.84 Å². The summed E-state index contributed by atoms with van der Waals surface area (Å²) in [6.45, 7) is 4.57. The van der Waals surface area contributed by atoms with E-state index in [1.807, 2.05) is 17.6 Å². The largest absolute Gasteiger partial charge is 0.383 e. The average molecular weight is 436 g/mol. The molecular weight excluding hydrogens is 410 g/mol. The third kappa shape index (κ3) is 3.86. The Hall–Kier alpha value is -2.09. The van der Waals surface area contributed by atoms with Gasteiger partial charge in [-0.15, -0.1) is 12.4 Å². The van der Waals surface area contributed by atoms with Crippen molar-refractivity contribution in [2.45, 2.75) is 31.3 Å². The number of nitrogens with zero attached hydrogens (tertiary/aromatic N) is 3. The van der Waals surface area contributed by atoms with E-state index in [1.54, 1.807) is 13.3 Å². The summed E-state index contributed by atoms with van der Waals surface area (Å²) in [4.78, 5) is 7.32. The quantitative estimate of drug-likeness (QED) is 0.614. The fourth-order valence-corrected chi connectivity index (χ4v) is 5.43. The Kier molecular flexibility index (Phi) is 6.22.